The number of imidazole rings is 1. The molecule has 0 fully saturated rings. The molecular weight excluding hydrogens is 260 g/mol. The SMILES string of the molecule is CCCNC(Cc1nccn1CCC)C(C)(CC)N(C)C. The Morgan fingerprint density at radius 1 is 1.29 bits per heavy atom. The van der Waals surface area contributed by atoms with Crippen LogP contribution in [0.2, 0.25) is 0 Å². The summed E-state index contributed by atoms with van der Waals surface area (Å²) >= 11 is 0. The van der Waals surface area contributed by atoms with Crippen LogP contribution in [-0.4, -0.2) is 46.7 Å². The van der Waals surface area contributed by atoms with Crippen LogP contribution in [0.1, 0.15) is 52.8 Å². The highest BCUT2D eigenvalue weighted by Crippen LogP contribution is 2.23. The second kappa shape index (κ2) is 8.54. The first-order valence-electron chi connectivity index (χ1n) is 8.40. The van der Waals surface area contributed by atoms with Crippen LogP contribution < -0.4 is 5.32 Å². The molecule has 0 saturated heterocycles. The highest BCUT2D eigenvalue weighted by atomic mass is 15.2. The van der Waals surface area contributed by atoms with E-state index in [-0.39, 0.29) is 5.54 Å². The van der Waals surface area contributed by atoms with E-state index >= 15 is 0 Å². The van der Waals surface area contributed by atoms with Crippen molar-refractivity contribution in [3.63, 3.8) is 0 Å². The Balaban J connectivity index is 2.94. The number of aryl methyl sites for hydroxylation is 1. The fraction of sp³-hybridized carbons (Fsp3) is 0.824. The zero-order valence-electron chi connectivity index (χ0n) is 14.8. The Morgan fingerprint density at radius 2 is 2.00 bits per heavy atom. The maximum atomic E-state index is 4.59. The lowest BCUT2D eigenvalue weighted by Gasteiger charge is -2.43. The number of nitrogens with one attached hydrogen (secondary N) is 1. The lowest BCUT2D eigenvalue weighted by molar-refractivity contribution is 0.111. The van der Waals surface area contributed by atoms with Crippen molar-refractivity contribution in [1.82, 2.24) is 19.8 Å². The van der Waals surface area contributed by atoms with Gasteiger partial charge in [0.2, 0.25) is 0 Å². The predicted octanol–water partition coefficient (Wildman–Crippen LogP) is 2.93. The Morgan fingerprint density at radius 3 is 2.52 bits per heavy atom. The summed E-state index contributed by atoms with van der Waals surface area (Å²) in [6.45, 7) is 11.2. The molecule has 0 aliphatic heterocycles. The number of likely N-dealkylation sites (N-methyl/N-ethyl adjacent to an activating group) is 1. The minimum atomic E-state index is 0.137. The molecule has 1 N–H and O–H groups in total. The van der Waals surface area contributed by atoms with Crippen LogP contribution in [0.25, 0.3) is 0 Å². The number of hydrogen-bond acceptors (Lipinski definition) is 3. The summed E-state index contributed by atoms with van der Waals surface area (Å²) in [6.07, 6.45) is 8.45. The fourth-order valence-electron chi connectivity index (χ4n) is 2.86. The number of rotatable bonds is 10. The van der Waals surface area contributed by atoms with Gasteiger partial charge in [0.05, 0.1) is 0 Å². The summed E-state index contributed by atoms with van der Waals surface area (Å²) < 4.78 is 2.30. The highest BCUT2D eigenvalue weighted by Gasteiger charge is 2.35. The van der Waals surface area contributed by atoms with E-state index in [1.807, 2.05) is 6.20 Å². The molecule has 2 unspecified atom stereocenters. The Labute approximate surface area is 130 Å². The lowest BCUT2D eigenvalue weighted by atomic mass is 9.85. The van der Waals surface area contributed by atoms with Crippen LogP contribution >= 0.6 is 0 Å². The summed E-state index contributed by atoms with van der Waals surface area (Å²) in [4.78, 5) is 6.95. The number of hydrogen-bond donors (Lipinski definition) is 1. The molecule has 0 saturated carbocycles. The topological polar surface area (TPSA) is 33.1 Å². The third kappa shape index (κ3) is 4.55. The Kier molecular flexibility index (Phi) is 7.40. The minimum absolute atomic E-state index is 0.137. The van der Waals surface area contributed by atoms with Gasteiger partial charge in [-0.05, 0) is 46.8 Å². The molecule has 1 heterocycles. The van der Waals surface area contributed by atoms with Gasteiger partial charge in [0.1, 0.15) is 5.82 Å². The Hall–Kier alpha value is -0.870. The quantitative estimate of drug-likeness (QED) is 0.720. The van der Waals surface area contributed by atoms with Crippen molar-refractivity contribution >= 4 is 0 Å². The molecule has 1 rings (SSSR count). The zero-order chi connectivity index (χ0) is 15.9. The standard InChI is InChI=1S/C17H34N4/c1-7-10-18-15(17(4,9-3)20(5)6)14-16-19-11-13-21(16)12-8-2/h11,13,15,18H,7-10,12,14H2,1-6H3. The van der Waals surface area contributed by atoms with Crippen LogP contribution in [0.3, 0.4) is 0 Å². The summed E-state index contributed by atoms with van der Waals surface area (Å²) in [5.74, 6) is 1.20. The summed E-state index contributed by atoms with van der Waals surface area (Å²) in [6, 6.07) is 0.412. The summed E-state index contributed by atoms with van der Waals surface area (Å²) in [7, 11) is 4.37. The van der Waals surface area contributed by atoms with Crippen LogP contribution in [-0.2, 0) is 13.0 Å². The first-order chi connectivity index (χ1) is 9.99. The van der Waals surface area contributed by atoms with Gasteiger partial charge in [0, 0.05) is 36.9 Å². The molecule has 1 aromatic heterocycles. The average molecular weight is 294 g/mol. The van der Waals surface area contributed by atoms with Gasteiger partial charge in [-0.2, -0.15) is 0 Å². The molecule has 0 aliphatic rings. The van der Waals surface area contributed by atoms with Crippen molar-refractivity contribution < 1.29 is 0 Å². The van der Waals surface area contributed by atoms with Gasteiger partial charge in [-0.15, -0.1) is 0 Å². The van der Waals surface area contributed by atoms with Gasteiger partial charge in [0.25, 0.3) is 0 Å². The van der Waals surface area contributed by atoms with Gasteiger partial charge < -0.3 is 14.8 Å². The van der Waals surface area contributed by atoms with Crippen LogP contribution in [0.4, 0.5) is 0 Å². The van der Waals surface area contributed by atoms with E-state index in [2.05, 4.69) is 67.8 Å². The van der Waals surface area contributed by atoms with E-state index in [1.165, 1.54) is 5.82 Å². The van der Waals surface area contributed by atoms with E-state index in [4.69, 9.17) is 0 Å². The third-order valence-corrected chi connectivity index (χ3v) is 4.78. The monoisotopic (exact) mass is 294 g/mol. The first-order valence-corrected chi connectivity index (χ1v) is 8.40. The molecule has 4 heteroatoms. The van der Waals surface area contributed by atoms with Gasteiger partial charge in [0.15, 0.2) is 0 Å². The van der Waals surface area contributed by atoms with E-state index in [0.717, 1.165) is 38.8 Å². The predicted molar refractivity (Wildman–Crippen MR) is 90.7 cm³/mol. The van der Waals surface area contributed by atoms with E-state index in [9.17, 15) is 0 Å². The number of nitrogens with zero attached hydrogens (tertiary/aromatic N) is 3. The lowest BCUT2D eigenvalue weighted by Crippen LogP contribution is -2.58. The summed E-state index contributed by atoms with van der Waals surface area (Å²) in [5, 5.41) is 3.75. The molecule has 0 radical (unpaired) electrons. The maximum Gasteiger partial charge on any atom is 0.110 e. The van der Waals surface area contributed by atoms with Crippen LogP contribution in [0.15, 0.2) is 12.4 Å². The van der Waals surface area contributed by atoms with Gasteiger partial charge in [-0.25, -0.2) is 4.98 Å². The second-order valence-corrected chi connectivity index (χ2v) is 6.35. The van der Waals surface area contributed by atoms with Crippen molar-refractivity contribution in [3.05, 3.63) is 18.2 Å². The molecule has 21 heavy (non-hydrogen) atoms. The molecule has 0 amide bonds. The van der Waals surface area contributed by atoms with E-state index in [0.29, 0.717) is 6.04 Å². The summed E-state index contributed by atoms with van der Waals surface area (Å²) in [5.41, 5.74) is 0.137. The molecule has 122 valence electrons. The molecule has 0 aliphatic carbocycles. The zero-order valence-corrected chi connectivity index (χ0v) is 14.8. The highest BCUT2D eigenvalue weighted by molar-refractivity contribution is 5.03. The van der Waals surface area contributed by atoms with Gasteiger partial charge >= 0.3 is 0 Å². The van der Waals surface area contributed by atoms with Crippen molar-refractivity contribution in [2.75, 3.05) is 20.6 Å². The largest absolute Gasteiger partial charge is 0.335 e. The van der Waals surface area contributed by atoms with Crippen molar-refractivity contribution in [1.29, 1.82) is 0 Å². The van der Waals surface area contributed by atoms with Crippen molar-refractivity contribution in [2.24, 2.45) is 0 Å². The third-order valence-electron chi connectivity index (χ3n) is 4.78. The molecule has 0 aromatic carbocycles. The average Bonchev–Trinajstić information content (AvgIpc) is 2.90. The number of aromatic nitrogens is 2. The smallest absolute Gasteiger partial charge is 0.110 e. The Bertz CT molecular complexity index is 399. The molecule has 1 aromatic rings. The van der Waals surface area contributed by atoms with Crippen molar-refractivity contribution in [3.8, 4) is 0 Å². The van der Waals surface area contributed by atoms with Gasteiger partial charge in [-0.3, -0.25) is 0 Å². The van der Waals surface area contributed by atoms with Crippen LogP contribution in [0.5, 0.6) is 0 Å². The maximum absolute atomic E-state index is 4.59. The molecule has 2 atom stereocenters. The minimum Gasteiger partial charge on any atom is -0.335 e. The van der Waals surface area contributed by atoms with E-state index < -0.39 is 0 Å². The molecule has 0 bridgehead atoms. The molecular formula is C17H34N4. The normalized spacial score (nSPS) is 16.1. The van der Waals surface area contributed by atoms with Crippen LogP contribution in [0, 0.1) is 0 Å². The first kappa shape index (κ1) is 18.2. The van der Waals surface area contributed by atoms with Crippen molar-refractivity contribution in [2.45, 2.75) is 71.5 Å². The molecule has 4 nitrogen and oxygen atoms in total. The fourth-order valence-corrected chi connectivity index (χ4v) is 2.86. The molecule has 0 spiro atoms. The van der Waals surface area contributed by atoms with E-state index in [1.54, 1.807) is 0 Å². The van der Waals surface area contributed by atoms with Gasteiger partial charge in [-0.1, -0.05) is 20.8 Å². The second-order valence-electron chi connectivity index (χ2n) is 6.35.